The van der Waals surface area contributed by atoms with Gasteiger partial charge < -0.3 is 10.1 Å². The number of carbonyl (C=O) groups is 1. The topological polar surface area (TPSA) is 41.6 Å². The van der Waals surface area contributed by atoms with Crippen molar-refractivity contribution in [1.82, 2.24) is 10.2 Å². The largest absolute Gasteiger partial charge is 0.489 e. The molecule has 1 aromatic carbocycles. The molecule has 1 aromatic heterocycles. The van der Waals surface area contributed by atoms with E-state index in [1.807, 2.05) is 17.5 Å². The summed E-state index contributed by atoms with van der Waals surface area (Å²) in [6.45, 7) is 3.05. The molecule has 2 heterocycles. The number of ether oxygens (including phenoxy) is 1. The minimum Gasteiger partial charge on any atom is -0.489 e. The van der Waals surface area contributed by atoms with Crippen molar-refractivity contribution in [3.8, 4) is 5.75 Å². The number of hydrogen-bond donors (Lipinski definition) is 1. The molecule has 0 radical (unpaired) electrons. The maximum Gasteiger partial charge on any atom is 0.261 e. The number of hydrogen-bond acceptors (Lipinski definition) is 4. The molecule has 1 N–H and O–H groups in total. The van der Waals surface area contributed by atoms with Crippen LogP contribution in [0.4, 0.5) is 4.39 Å². The highest BCUT2D eigenvalue weighted by atomic mass is 32.1. The molecule has 0 aliphatic carbocycles. The number of benzene rings is 1. The Labute approximate surface area is 145 Å². The standard InChI is InChI=1S/C18H21FN2O2S/c19-15-4-1-2-5-16(15)23-12-11-21-9-7-14(8-10-21)20-18(22)17-6-3-13-24-17/h1-6,13-14H,7-12H2,(H,20,22). The van der Waals surface area contributed by atoms with Crippen molar-refractivity contribution in [3.63, 3.8) is 0 Å². The van der Waals surface area contributed by atoms with Crippen LogP contribution in [-0.2, 0) is 0 Å². The van der Waals surface area contributed by atoms with Gasteiger partial charge in [0.2, 0.25) is 0 Å². The summed E-state index contributed by atoms with van der Waals surface area (Å²) < 4.78 is 19.0. The first-order chi connectivity index (χ1) is 11.7. The molecule has 0 unspecified atom stereocenters. The minimum absolute atomic E-state index is 0.0198. The third kappa shape index (κ3) is 4.55. The summed E-state index contributed by atoms with van der Waals surface area (Å²) in [5, 5.41) is 5.01. The molecule has 0 saturated carbocycles. The normalized spacial score (nSPS) is 16.0. The van der Waals surface area contributed by atoms with E-state index in [0.29, 0.717) is 12.4 Å². The maximum absolute atomic E-state index is 13.5. The predicted molar refractivity (Wildman–Crippen MR) is 93.1 cm³/mol. The number of thiophene rings is 1. The van der Waals surface area contributed by atoms with Crippen molar-refractivity contribution in [2.45, 2.75) is 18.9 Å². The third-order valence-corrected chi connectivity index (χ3v) is 5.04. The van der Waals surface area contributed by atoms with Gasteiger partial charge in [-0.2, -0.15) is 0 Å². The van der Waals surface area contributed by atoms with Crippen LogP contribution in [0.2, 0.25) is 0 Å². The highest BCUT2D eigenvalue weighted by molar-refractivity contribution is 7.12. The first-order valence-corrected chi connectivity index (χ1v) is 9.04. The molecular weight excluding hydrogens is 327 g/mol. The van der Waals surface area contributed by atoms with Gasteiger partial charge in [0.25, 0.3) is 5.91 Å². The molecule has 0 atom stereocenters. The molecule has 0 spiro atoms. The van der Waals surface area contributed by atoms with Gasteiger partial charge in [-0.3, -0.25) is 9.69 Å². The molecule has 128 valence electrons. The van der Waals surface area contributed by atoms with Crippen LogP contribution < -0.4 is 10.1 Å². The molecule has 1 fully saturated rings. The van der Waals surface area contributed by atoms with E-state index in [9.17, 15) is 9.18 Å². The molecule has 3 rings (SSSR count). The second kappa shape index (κ2) is 8.26. The van der Waals surface area contributed by atoms with E-state index in [-0.39, 0.29) is 17.8 Å². The molecule has 24 heavy (non-hydrogen) atoms. The van der Waals surface area contributed by atoms with E-state index >= 15 is 0 Å². The van der Waals surface area contributed by atoms with Crippen molar-refractivity contribution >= 4 is 17.2 Å². The van der Waals surface area contributed by atoms with Crippen LogP contribution >= 0.6 is 11.3 Å². The van der Waals surface area contributed by atoms with E-state index in [1.165, 1.54) is 17.4 Å². The lowest BCUT2D eigenvalue weighted by atomic mass is 10.1. The Morgan fingerprint density at radius 2 is 2.04 bits per heavy atom. The summed E-state index contributed by atoms with van der Waals surface area (Å²) in [5.41, 5.74) is 0. The Bertz CT molecular complexity index is 655. The van der Waals surface area contributed by atoms with Gasteiger partial charge in [-0.15, -0.1) is 11.3 Å². The molecule has 1 aliphatic rings. The zero-order chi connectivity index (χ0) is 16.8. The van der Waals surface area contributed by atoms with Gasteiger partial charge in [-0.1, -0.05) is 18.2 Å². The number of rotatable bonds is 6. The van der Waals surface area contributed by atoms with Crippen LogP contribution in [0.3, 0.4) is 0 Å². The summed E-state index contributed by atoms with van der Waals surface area (Å²) >= 11 is 1.46. The SMILES string of the molecule is O=C(NC1CCN(CCOc2ccccc2F)CC1)c1cccs1. The number of piperidine rings is 1. The van der Waals surface area contributed by atoms with Crippen LogP contribution in [0, 0.1) is 5.82 Å². The highest BCUT2D eigenvalue weighted by Crippen LogP contribution is 2.16. The van der Waals surface area contributed by atoms with E-state index in [1.54, 1.807) is 18.2 Å². The number of nitrogens with one attached hydrogen (secondary N) is 1. The summed E-state index contributed by atoms with van der Waals surface area (Å²) in [7, 11) is 0. The Hall–Kier alpha value is -1.92. The first kappa shape index (κ1) is 16.9. The van der Waals surface area contributed by atoms with Crippen LogP contribution in [0.15, 0.2) is 41.8 Å². The third-order valence-electron chi connectivity index (χ3n) is 4.17. The minimum atomic E-state index is -0.326. The number of likely N-dealkylation sites (tertiary alicyclic amines) is 1. The lowest BCUT2D eigenvalue weighted by molar-refractivity contribution is 0.0909. The molecule has 1 aliphatic heterocycles. The Kier molecular flexibility index (Phi) is 5.82. The van der Waals surface area contributed by atoms with Crippen LogP contribution in [0.25, 0.3) is 0 Å². The molecule has 4 nitrogen and oxygen atoms in total. The molecule has 1 saturated heterocycles. The van der Waals surface area contributed by atoms with Gasteiger partial charge in [0, 0.05) is 25.7 Å². The van der Waals surface area contributed by atoms with Crippen molar-refractivity contribution in [1.29, 1.82) is 0 Å². The fraction of sp³-hybridized carbons (Fsp3) is 0.389. The van der Waals surface area contributed by atoms with E-state index < -0.39 is 0 Å². The van der Waals surface area contributed by atoms with Gasteiger partial charge in [-0.25, -0.2) is 4.39 Å². The quantitative estimate of drug-likeness (QED) is 0.872. The maximum atomic E-state index is 13.5. The monoisotopic (exact) mass is 348 g/mol. The first-order valence-electron chi connectivity index (χ1n) is 8.16. The number of amides is 1. The lowest BCUT2D eigenvalue weighted by Gasteiger charge is -2.32. The van der Waals surface area contributed by atoms with Crippen LogP contribution in [0.1, 0.15) is 22.5 Å². The van der Waals surface area contributed by atoms with Gasteiger partial charge in [0.1, 0.15) is 6.61 Å². The summed E-state index contributed by atoms with van der Waals surface area (Å²) in [5.74, 6) is -0.00516. The van der Waals surface area contributed by atoms with Crippen LogP contribution in [-0.4, -0.2) is 43.1 Å². The average Bonchev–Trinajstić information content (AvgIpc) is 3.13. The van der Waals surface area contributed by atoms with Gasteiger partial charge >= 0.3 is 0 Å². The number of para-hydroxylation sites is 1. The predicted octanol–water partition coefficient (Wildman–Crippen LogP) is 3.16. The van der Waals surface area contributed by atoms with Gasteiger partial charge in [0.15, 0.2) is 11.6 Å². The van der Waals surface area contributed by atoms with Gasteiger partial charge in [0.05, 0.1) is 4.88 Å². The van der Waals surface area contributed by atoms with Crippen LogP contribution in [0.5, 0.6) is 5.75 Å². The zero-order valence-corrected chi connectivity index (χ0v) is 14.2. The Morgan fingerprint density at radius 3 is 2.75 bits per heavy atom. The smallest absolute Gasteiger partial charge is 0.261 e. The summed E-state index contributed by atoms with van der Waals surface area (Å²) in [4.78, 5) is 15.1. The van der Waals surface area contributed by atoms with E-state index in [0.717, 1.165) is 37.4 Å². The van der Waals surface area contributed by atoms with Gasteiger partial charge in [-0.05, 0) is 36.4 Å². The molecule has 0 bridgehead atoms. The van der Waals surface area contributed by atoms with Crippen molar-refractivity contribution in [2.75, 3.05) is 26.2 Å². The van der Waals surface area contributed by atoms with Crippen molar-refractivity contribution < 1.29 is 13.9 Å². The number of halogens is 1. The summed E-state index contributed by atoms with van der Waals surface area (Å²) in [6, 6.07) is 10.4. The number of nitrogens with zero attached hydrogens (tertiary/aromatic N) is 1. The van der Waals surface area contributed by atoms with Crippen molar-refractivity contribution in [3.05, 3.63) is 52.5 Å². The Morgan fingerprint density at radius 1 is 1.25 bits per heavy atom. The lowest BCUT2D eigenvalue weighted by Crippen LogP contribution is -2.45. The zero-order valence-electron chi connectivity index (χ0n) is 13.4. The molecule has 1 amide bonds. The average molecular weight is 348 g/mol. The molecule has 2 aromatic rings. The fourth-order valence-electron chi connectivity index (χ4n) is 2.81. The van der Waals surface area contributed by atoms with E-state index in [2.05, 4.69) is 10.2 Å². The summed E-state index contributed by atoms with van der Waals surface area (Å²) in [6.07, 6.45) is 1.85. The number of carbonyl (C=O) groups excluding carboxylic acids is 1. The highest BCUT2D eigenvalue weighted by Gasteiger charge is 2.21. The molecule has 6 heteroatoms. The molecular formula is C18H21FN2O2S. The second-order valence-corrected chi connectivity index (χ2v) is 6.79. The second-order valence-electron chi connectivity index (χ2n) is 5.85. The van der Waals surface area contributed by atoms with Crippen molar-refractivity contribution in [2.24, 2.45) is 0 Å². The Balaban J connectivity index is 1.36. The fourth-order valence-corrected chi connectivity index (χ4v) is 3.44. The van der Waals surface area contributed by atoms with E-state index in [4.69, 9.17) is 4.74 Å².